The third kappa shape index (κ3) is 2.25. The molecule has 0 atom stereocenters. The number of hydrogen-bond donors (Lipinski definition) is 2. The van der Waals surface area contributed by atoms with E-state index < -0.39 is 0 Å². The van der Waals surface area contributed by atoms with E-state index in [9.17, 15) is 4.79 Å². The van der Waals surface area contributed by atoms with E-state index in [0.717, 1.165) is 16.5 Å². The van der Waals surface area contributed by atoms with E-state index in [1.807, 2.05) is 25.1 Å². The molecule has 0 bridgehead atoms. The summed E-state index contributed by atoms with van der Waals surface area (Å²) in [5.41, 5.74) is 9.62. The molecule has 2 aromatic carbocycles. The van der Waals surface area contributed by atoms with Crippen LogP contribution in [0.1, 0.15) is 21.5 Å². The average molecular weight is 280 g/mol. The quantitative estimate of drug-likeness (QED) is 0.571. The molecular weight excluding hydrogens is 264 g/mol. The van der Waals surface area contributed by atoms with Crippen molar-refractivity contribution in [1.29, 1.82) is 0 Å². The summed E-state index contributed by atoms with van der Waals surface area (Å²) in [6, 6.07) is 11.1. The molecule has 21 heavy (non-hydrogen) atoms. The fourth-order valence-electron chi connectivity index (χ4n) is 2.44. The molecule has 0 fully saturated rings. The number of methoxy groups -OCH3 is 1. The second kappa shape index (κ2) is 4.98. The molecule has 0 saturated heterocycles. The van der Waals surface area contributed by atoms with Crippen LogP contribution in [0, 0.1) is 6.92 Å². The van der Waals surface area contributed by atoms with Gasteiger partial charge in [-0.25, -0.2) is 0 Å². The van der Waals surface area contributed by atoms with Crippen LogP contribution >= 0.6 is 0 Å². The highest BCUT2D eigenvalue weighted by Gasteiger charge is 2.15. The number of rotatable bonds is 3. The first-order valence-corrected chi connectivity index (χ1v) is 6.66. The van der Waals surface area contributed by atoms with Crippen molar-refractivity contribution in [2.45, 2.75) is 6.92 Å². The van der Waals surface area contributed by atoms with Crippen molar-refractivity contribution in [3.63, 3.8) is 0 Å². The van der Waals surface area contributed by atoms with Crippen LogP contribution in [0.15, 0.2) is 42.6 Å². The monoisotopic (exact) mass is 280 g/mol. The Morgan fingerprint density at radius 1 is 1.19 bits per heavy atom. The van der Waals surface area contributed by atoms with Gasteiger partial charge in [-0.3, -0.25) is 4.79 Å². The highest BCUT2D eigenvalue weighted by Crippen LogP contribution is 2.26. The van der Waals surface area contributed by atoms with Crippen molar-refractivity contribution in [2.75, 3.05) is 12.8 Å². The number of aromatic amines is 1. The third-order valence-corrected chi connectivity index (χ3v) is 3.58. The van der Waals surface area contributed by atoms with Crippen molar-refractivity contribution in [3.05, 3.63) is 59.3 Å². The van der Waals surface area contributed by atoms with E-state index in [1.54, 1.807) is 24.4 Å². The largest absolute Gasteiger partial charge is 0.495 e. The van der Waals surface area contributed by atoms with Crippen molar-refractivity contribution in [2.24, 2.45) is 0 Å². The minimum Gasteiger partial charge on any atom is -0.495 e. The van der Waals surface area contributed by atoms with Gasteiger partial charge in [0.15, 0.2) is 5.78 Å². The maximum Gasteiger partial charge on any atom is 0.195 e. The van der Waals surface area contributed by atoms with Crippen LogP contribution in [0.2, 0.25) is 0 Å². The van der Waals surface area contributed by atoms with Crippen LogP contribution in [0.4, 0.5) is 5.69 Å². The number of nitrogens with one attached hydrogen (secondary N) is 1. The summed E-state index contributed by atoms with van der Waals surface area (Å²) in [5.74, 6) is 0.458. The van der Waals surface area contributed by atoms with E-state index in [1.165, 1.54) is 7.11 Å². The Balaban J connectivity index is 2.08. The van der Waals surface area contributed by atoms with E-state index in [2.05, 4.69) is 4.98 Å². The van der Waals surface area contributed by atoms with Gasteiger partial charge < -0.3 is 15.5 Å². The Labute approximate surface area is 122 Å². The van der Waals surface area contributed by atoms with E-state index in [4.69, 9.17) is 10.5 Å². The molecule has 0 saturated carbocycles. The molecule has 106 valence electrons. The molecule has 0 spiro atoms. The fraction of sp³-hybridized carbons (Fsp3) is 0.118. The molecule has 1 aromatic heterocycles. The number of anilines is 1. The van der Waals surface area contributed by atoms with Gasteiger partial charge in [0, 0.05) is 28.2 Å². The minimum atomic E-state index is -0.0524. The van der Waals surface area contributed by atoms with Gasteiger partial charge in [0.25, 0.3) is 0 Å². The van der Waals surface area contributed by atoms with Gasteiger partial charge in [-0.2, -0.15) is 0 Å². The summed E-state index contributed by atoms with van der Waals surface area (Å²) in [6.45, 7) is 2.02. The predicted molar refractivity (Wildman–Crippen MR) is 83.9 cm³/mol. The first-order valence-electron chi connectivity index (χ1n) is 6.66. The maximum atomic E-state index is 12.7. The number of H-pyrrole nitrogens is 1. The number of hydrogen-bond acceptors (Lipinski definition) is 3. The Morgan fingerprint density at radius 3 is 2.76 bits per heavy atom. The van der Waals surface area contributed by atoms with E-state index >= 15 is 0 Å². The minimum absolute atomic E-state index is 0.0524. The number of carbonyl (C=O) groups excluding carboxylic acids is 1. The van der Waals surface area contributed by atoms with Gasteiger partial charge in [0.2, 0.25) is 0 Å². The Morgan fingerprint density at radius 2 is 2.00 bits per heavy atom. The molecule has 0 aliphatic rings. The van der Waals surface area contributed by atoms with Crippen LogP contribution in [-0.4, -0.2) is 17.9 Å². The number of carbonyl (C=O) groups is 1. The second-order valence-corrected chi connectivity index (χ2v) is 5.04. The molecule has 0 aliphatic carbocycles. The molecule has 0 unspecified atom stereocenters. The summed E-state index contributed by atoms with van der Waals surface area (Å²) in [5, 5.41) is 0.918. The molecule has 0 aliphatic heterocycles. The Bertz CT molecular complexity index is 834. The van der Waals surface area contributed by atoms with Gasteiger partial charge in [0.1, 0.15) is 5.75 Å². The molecular formula is C17H16N2O2. The molecule has 4 heteroatoms. The number of ether oxygens (including phenoxy) is 1. The molecule has 3 aromatic rings. The van der Waals surface area contributed by atoms with Gasteiger partial charge in [-0.1, -0.05) is 12.1 Å². The molecule has 0 radical (unpaired) electrons. The van der Waals surface area contributed by atoms with Crippen molar-refractivity contribution in [1.82, 2.24) is 4.98 Å². The third-order valence-electron chi connectivity index (χ3n) is 3.58. The maximum absolute atomic E-state index is 12.7. The lowest BCUT2D eigenvalue weighted by molar-refractivity contribution is 0.104. The van der Waals surface area contributed by atoms with Gasteiger partial charge in [-0.15, -0.1) is 0 Å². The second-order valence-electron chi connectivity index (χ2n) is 5.04. The zero-order chi connectivity index (χ0) is 15.0. The van der Waals surface area contributed by atoms with Crippen molar-refractivity contribution >= 4 is 22.4 Å². The Hall–Kier alpha value is -2.75. The summed E-state index contributed by atoms with van der Waals surface area (Å²) in [4.78, 5) is 15.8. The first-order chi connectivity index (χ1) is 10.1. The number of nitrogens with two attached hydrogens (primary N) is 1. The van der Waals surface area contributed by atoms with Crippen molar-refractivity contribution in [3.8, 4) is 5.75 Å². The van der Waals surface area contributed by atoms with Gasteiger partial charge in [-0.05, 0) is 36.8 Å². The van der Waals surface area contributed by atoms with Crippen LogP contribution in [-0.2, 0) is 0 Å². The number of benzene rings is 2. The van der Waals surface area contributed by atoms with E-state index in [0.29, 0.717) is 22.6 Å². The lowest BCUT2D eigenvalue weighted by Crippen LogP contribution is -2.02. The number of ketones is 1. The lowest BCUT2D eigenvalue weighted by atomic mass is 10.0. The lowest BCUT2D eigenvalue weighted by Gasteiger charge is -2.06. The molecule has 4 nitrogen and oxygen atoms in total. The van der Waals surface area contributed by atoms with Crippen LogP contribution in [0.25, 0.3) is 10.9 Å². The highest BCUT2D eigenvalue weighted by atomic mass is 16.5. The fourth-order valence-corrected chi connectivity index (χ4v) is 2.44. The zero-order valence-corrected chi connectivity index (χ0v) is 11.9. The normalized spacial score (nSPS) is 10.8. The van der Waals surface area contributed by atoms with Gasteiger partial charge in [0.05, 0.1) is 12.8 Å². The van der Waals surface area contributed by atoms with Crippen LogP contribution in [0.3, 0.4) is 0 Å². The summed E-state index contributed by atoms with van der Waals surface area (Å²) >= 11 is 0. The van der Waals surface area contributed by atoms with Crippen molar-refractivity contribution < 1.29 is 9.53 Å². The number of aromatic nitrogens is 1. The SMILES string of the molecule is COc1cc(C(=O)c2c[nH]c3cc(C)ccc23)ccc1N. The Kier molecular flexibility index (Phi) is 3.14. The molecule has 3 rings (SSSR count). The molecule has 0 amide bonds. The smallest absolute Gasteiger partial charge is 0.195 e. The number of nitrogen functional groups attached to an aromatic ring is 1. The van der Waals surface area contributed by atoms with E-state index in [-0.39, 0.29) is 5.78 Å². The molecule has 3 N–H and O–H groups in total. The summed E-state index contributed by atoms with van der Waals surface area (Å²) < 4.78 is 5.17. The average Bonchev–Trinajstić information content (AvgIpc) is 2.89. The van der Waals surface area contributed by atoms with Crippen LogP contribution < -0.4 is 10.5 Å². The summed E-state index contributed by atoms with van der Waals surface area (Å²) in [7, 11) is 1.54. The first kappa shape index (κ1) is 13.2. The number of fused-ring (bicyclic) bond motifs is 1. The molecule has 1 heterocycles. The summed E-state index contributed by atoms with van der Waals surface area (Å²) in [6.07, 6.45) is 1.75. The zero-order valence-electron chi connectivity index (χ0n) is 11.9. The highest BCUT2D eigenvalue weighted by molar-refractivity contribution is 6.16. The predicted octanol–water partition coefficient (Wildman–Crippen LogP) is 3.30. The number of aryl methyl sites for hydroxylation is 1. The van der Waals surface area contributed by atoms with Gasteiger partial charge >= 0.3 is 0 Å². The standard InChI is InChI=1S/C17H16N2O2/c1-10-3-5-12-13(9-19-15(12)7-10)17(20)11-4-6-14(18)16(8-11)21-2/h3-9,19H,18H2,1-2H3. The topological polar surface area (TPSA) is 68.1 Å². The van der Waals surface area contributed by atoms with Crippen LogP contribution in [0.5, 0.6) is 5.75 Å².